The highest BCUT2D eigenvalue weighted by atomic mass is 32.2. The van der Waals surface area contributed by atoms with Crippen molar-refractivity contribution in [1.29, 1.82) is 5.41 Å². The van der Waals surface area contributed by atoms with Gasteiger partial charge in [0.2, 0.25) is 22.7 Å². The number of carbonyl (C=O) groups excluding carboxylic acids is 2. The summed E-state index contributed by atoms with van der Waals surface area (Å²) in [6.07, 6.45) is 0. The van der Waals surface area contributed by atoms with Crippen molar-refractivity contribution in [1.82, 2.24) is 20.2 Å². The second kappa shape index (κ2) is 11.7. The molecule has 0 radical (unpaired) electrons. The van der Waals surface area contributed by atoms with E-state index in [2.05, 4.69) is 5.32 Å². The van der Waals surface area contributed by atoms with Gasteiger partial charge in [-0.15, -0.1) is 0 Å². The van der Waals surface area contributed by atoms with Crippen molar-refractivity contribution in [3.05, 3.63) is 65.2 Å². The van der Waals surface area contributed by atoms with Gasteiger partial charge in [-0.3, -0.25) is 20.4 Å². The molecule has 214 valence electrons. The van der Waals surface area contributed by atoms with Crippen LogP contribution >= 0.6 is 11.8 Å². The predicted molar refractivity (Wildman–Crippen MR) is 163 cm³/mol. The molecule has 2 aromatic heterocycles. The summed E-state index contributed by atoms with van der Waals surface area (Å²) < 4.78 is 6.27. The number of ether oxygens (including phenoxy) is 1. The highest BCUT2D eigenvalue weighted by molar-refractivity contribution is 8.26. The first-order valence-electron chi connectivity index (χ1n) is 13.2. The molecule has 0 fully saturated rings. The summed E-state index contributed by atoms with van der Waals surface area (Å²) in [5.41, 5.74) is 2.55. The summed E-state index contributed by atoms with van der Waals surface area (Å²) >= 11 is 0.994. The molecule has 4 N–H and O–H groups in total. The van der Waals surface area contributed by atoms with E-state index >= 15 is 0 Å². The Hall–Kier alpha value is -4.25. The van der Waals surface area contributed by atoms with E-state index in [1.165, 1.54) is 0 Å². The number of benzene rings is 1. The van der Waals surface area contributed by atoms with Gasteiger partial charge in [0.05, 0.1) is 11.1 Å². The average Bonchev–Trinajstić information content (AvgIpc) is 2.93. The van der Waals surface area contributed by atoms with Gasteiger partial charge in [-0.25, -0.2) is 4.98 Å². The minimum Gasteiger partial charge on any atom is -0.420 e. The van der Waals surface area contributed by atoms with Crippen LogP contribution in [0.4, 0.5) is 5.82 Å². The first-order valence-corrected chi connectivity index (χ1v) is 14.0. The van der Waals surface area contributed by atoms with Crippen molar-refractivity contribution < 1.29 is 19.7 Å². The summed E-state index contributed by atoms with van der Waals surface area (Å²) in [5.74, 6) is 0.586. The van der Waals surface area contributed by atoms with Crippen LogP contribution in [0, 0.1) is 10.8 Å². The zero-order valence-corrected chi connectivity index (χ0v) is 25.2. The highest BCUT2D eigenvalue weighted by Gasteiger charge is 2.45. The van der Waals surface area contributed by atoms with Gasteiger partial charge < -0.3 is 19.9 Å². The Morgan fingerprint density at radius 3 is 2.22 bits per heavy atom. The number of nitrogens with zero attached hydrogens (tertiary/aromatic N) is 4. The number of amidine groups is 1. The van der Waals surface area contributed by atoms with E-state index in [0.717, 1.165) is 28.5 Å². The van der Waals surface area contributed by atoms with Gasteiger partial charge in [-0.1, -0.05) is 32.0 Å². The number of thioether (sulfide) groups is 1. The maximum absolute atomic E-state index is 13.6. The van der Waals surface area contributed by atoms with Gasteiger partial charge in [0.25, 0.3) is 5.91 Å². The van der Waals surface area contributed by atoms with Crippen molar-refractivity contribution in [3.63, 3.8) is 0 Å². The molecule has 0 spiro atoms. The molecule has 3 heterocycles. The molecule has 2 amide bonds. The minimum absolute atomic E-state index is 0.0443. The van der Waals surface area contributed by atoms with Crippen LogP contribution in [0.1, 0.15) is 55.1 Å². The van der Waals surface area contributed by atoms with E-state index in [0.29, 0.717) is 40.4 Å². The molecule has 3 aromatic rings. The molecule has 1 aliphatic heterocycles. The van der Waals surface area contributed by atoms with Crippen LogP contribution in [0.3, 0.4) is 0 Å². The normalized spacial score (nSPS) is 13.8. The molecule has 4 rings (SSSR count). The molecule has 11 heteroatoms. The number of hydrogen-bond acceptors (Lipinski definition) is 8. The Morgan fingerprint density at radius 1 is 1.02 bits per heavy atom. The van der Waals surface area contributed by atoms with Gasteiger partial charge in [0, 0.05) is 74.5 Å². The summed E-state index contributed by atoms with van der Waals surface area (Å²) in [6, 6.07) is 14.9. The molecule has 0 bridgehead atoms. The first kappa shape index (κ1) is 29.7. The highest BCUT2D eigenvalue weighted by Crippen LogP contribution is 2.51. The Morgan fingerprint density at radius 2 is 1.63 bits per heavy atom. The Kier molecular flexibility index (Phi) is 8.48. The summed E-state index contributed by atoms with van der Waals surface area (Å²) in [4.78, 5) is 39.2. The van der Waals surface area contributed by atoms with Gasteiger partial charge >= 0.3 is 0 Å². The third kappa shape index (κ3) is 6.09. The largest absolute Gasteiger partial charge is 0.420 e. The lowest BCUT2D eigenvalue weighted by molar-refractivity contribution is -0.128. The molecule has 0 aliphatic carbocycles. The van der Waals surface area contributed by atoms with Gasteiger partial charge in [0.1, 0.15) is 5.82 Å². The fourth-order valence-electron chi connectivity index (χ4n) is 4.67. The number of nitrogens with one attached hydrogen (secondary N) is 2. The Balaban J connectivity index is 1.76. The Labute approximate surface area is 244 Å². The summed E-state index contributed by atoms with van der Waals surface area (Å²) in [6.45, 7) is 7.89. The molecular weight excluding hydrogens is 538 g/mol. The second-order valence-corrected chi connectivity index (χ2v) is 12.0. The van der Waals surface area contributed by atoms with Gasteiger partial charge in [0.15, 0.2) is 5.17 Å². The number of carbonyl (C=O) groups is 2. The smallest absolute Gasteiger partial charge is 0.253 e. The van der Waals surface area contributed by atoms with Crippen LogP contribution in [0.5, 0.6) is 11.8 Å². The molecule has 41 heavy (non-hydrogen) atoms. The lowest BCUT2D eigenvalue weighted by Crippen LogP contribution is -2.45. The molecule has 1 aliphatic rings. The van der Waals surface area contributed by atoms with Crippen molar-refractivity contribution in [2.45, 2.75) is 33.6 Å². The van der Waals surface area contributed by atoms with E-state index in [4.69, 9.17) is 25.5 Å². The molecule has 0 saturated heterocycles. The second-order valence-electron chi connectivity index (χ2n) is 10.7. The van der Waals surface area contributed by atoms with E-state index in [-0.39, 0.29) is 17.0 Å². The topological polar surface area (TPSA) is 137 Å². The number of hydrogen-bond donors (Lipinski definition) is 3. The number of anilines is 1. The van der Waals surface area contributed by atoms with E-state index in [9.17, 15) is 9.59 Å². The first-order chi connectivity index (χ1) is 19.3. The van der Waals surface area contributed by atoms with Crippen molar-refractivity contribution in [2.24, 2.45) is 5.41 Å². The number of amides is 2. The van der Waals surface area contributed by atoms with Gasteiger partial charge in [-0.2, -0.15) is 4.98 Å². The van der Waals surface area contributed by atoms with Crippen molar-refractivity contribution in [3.8, 4) is 23.0 Å². The fraction of sp³-hybridized carbons (Fsp3) is 0.333. The van der Waals surface area contributed by atoms with Crippen molar-refractivity contribution in [2.75, 3.05) is 32.6 Å². The van der Waals surface area contributed by atoms with Crippen LogP contribution in [-0.4, -0.2) is 64.6 Å². The zero-order valence-electron chi connectivity index (χ0n) is 24.4. The van der Waals surface area contributed by atoms with E-state index < -0.39 is 11.3 Å². The molecular formula is C30H36N7O3S+. The number of aromatic nitrogens is 2. The molecule has 1 atom stereocenters. The number of fused-ring (bicyclic) bond motifs is 2. The van der Waals surface area contributed by atoms with Gasteiger partial charge in [-0.05, 0) is 37.3 Å². The molecule has 10 nitrogen and oxygen atoms in total. The third-order valence-corrected chi connectivity index (χ3v) is 7.71. The van der Waals surface area contributed by atoms with Crippen LogP contribution in [-0.2, 0) is 4.79 Å². The zero-order chi connectivity index (χ0) is 30.1. The number of pyridine rings is 2. The predicted octanol–water partition coefficient (Wildman–Crippen LogP) is 3.53. The summed E-state index contributed by atoms with van der Waals surface area (Å²) in [7, 11) is 5.55. The van der Waals surface area contributed by atoms with Crippen molar-refractivity contribution >= 4 is 39.6 Å². The summed E-state index contributed by atoms with van der Waals surface area (Å²) in [5, 5.41) is 17.0. The Bertz CT molecular complexity index is 1520. The minimum atomic E-state index is -1.01. The average molecular weight is 575 g/mol. The SMILES string of the molecule is CCN(C)C(=O)c1ccc(-c2ccc3c(n2)Oc2nc(N(C)C)ccc2C3C(C)(C)C(=O)NC(=N)SC(C)=[NH2+])cc1. The fourth-order valence-corrected chi connectivity index (χ4v) is 5.14. The molecule has 1 unspecified atom stereocenters. The van der Waals surface area contributed by atoms with Crippen LogP contribution in [0.25, 0.3) is 11.3 Å². The number of rotatable bonds is 6. The van der Waals surface area contributed by atoms with Crippen LogP contribution in [0.2, 0.25) is 0 Å². The van der Waals surface area contributed by atoms with E-state index in [1.54, 1.807) is 31.0 Å². The molecule has 0 saturated carbocycles. The maximum atomic E-state index is 13.6. The number of nitrogens with two attached hydrogens (primary N) is 1. The maximum Gasteiger partial charge on any atom is 0.253 e. The van der Waals surface area contributed by atoms with Crippen LogP contribution < -0.4 is 20.4 Å². The molecule has 1 aromatic carbocycles. The third-order valence-electron chi connectivity index (χ3n) is 7.08. The quantitative estimate of drug-likeness (QED) is 0.303. The van der Waals surface area contributed by atoms with Crippen LogP contribution in [0.15, 0.2) is 48.5 Å². The lowest BCUT2D eigenvalue weighted by Gasteiger charge is -2.37. The van der Waals surface area contributed by atoms with E-state index in [1.807, 2.05) is 76.2 Å². The lowest BCUT2D eigenvalue weighted by atomic mass is 9.70. The standard InChI is InChI=1S/C30H35N7O3S/c1-8-37(7)27(38)19-11-9-18(10-12-19)22-15-13-20-24(30(3,4)28(39)35-29(32)41-17(2)31)21-14-16-23(36(5)6)34-26(21)40-25(20)33-22/h9-16,24,31H,8H2,1-7H3,(H2,32,35,39)/p+1. The monoisotopic (exact) mass is 574 g/mol.